The van der Waals surface area contributed by atoms with Gasteiger partial charge in [0.25, 0.3) is 5.91 Å². The van der Waals surface area contributed by atoms with Gasteiger partial charge in [-0.05, 0) is 24.8 Å². The van der Waals surface area contributed by atoms with E-state index < -0.39 is 11.7 Å². The van der Waals surface area contributed by atoms with Gasteiger partial charge < -0.3 is 24.9 Å². The van der Waals surface area contributed by atoms with Crippen LogP contribution >= 0.6 is 0 Å². The first-order valence-corrected chi connectivity index (χ1v) is 10.2. The topological polar surface area (TPSA) is 100 Å². The number of ether oxygens (including phenoxy) is 1. The van der Waals surface area contributed by atoms with Gasteiger partial charge in [0.1, 0.15) is 11.3 Å². The quantitative estimate of drug-likeness (QED) is 0.790. The third-order valence-corrected chi connectivity index (χ3v) is 6.12. The fraction of sp³-hybridized carbons (Fsp3) is 0.571. The molecule has 8 nitrogen and oxygen atoms in total. The minimum absolute atomic E-state index is 0.00477. The van der Waals surface area contributed by atoms with Crippen molar-refractivity contribution in [3.8, 4) is 0 Å². The summed E-state index contributed by atoms with van der Waals surface area (Å²) in [5, 5.41) is 16.2. The van der Waals surface area contributed by atoms with Crippen molar-refractivity contribution in [3.05, 3.63) is 35.9 Å². The first-order valence-electron chi connectivity index (χ1n) is 10.2. The van der Waals surface area contributed by atoms with E-state index in [-0.39, 0.29) is 18.1 Å². The van der Waals surface area contributed by atoms with Gasteiger partial charge in [0.05, 0.1) is 18.8 Å². The van der Waals surface area contributed by atoms with Crippen LogP contribution in [-0.2, 0) is 21.0 Å². The van der Waals surface area contributed by atoms with E-state index in [4.69, 9.17) is 14.7 Å². The zero-order chi connectivity index (χ0) is 20.3. The monoisotopic (exact) mass is 401 g/mol. The lowest BCUT2D eigenvalue weighted by molar-refractivity contribution is -0.116. The summed E-state index contributed by atoms with van der Waals surface area (Å²) < 4.78 is 6.06. The summed E-state index contributed by atoms with van der Waals surface area (Å²) in [6, 6.07) is 9.98. The zero-order valence-electron chi connectivity index (χ0n) is 16.4. The zero-order valence-corrected chi connectivity index (χ0v) is 16.4. The molecule has 8 heteroatoms. The molecule has 0 aromatic heterocycles. The maximum atomic E-state index is 12.7. The number of piperidine rings is 1. The highest BCUT2D eigenvalue weighted by atomic mass is 16.7. The number of carbonyl (C=O) groups excluding carboxylic acids is 1. The van der Waals surface area contributed by atoms with E-state index in [9.17, 15) is 9.59 Å². The van der Waals surface area contributed by atoms with Gasteiger partial charge in [0.2, 0.25) is 0 Å². The van der Waals surface area contributed by atoms with E-state index >= 15 is 0 Å². The smallest absolute Gasteiger partial charge is 0.407 e. The van der Waals surface area contributed by atoms with Gasteiger partial charge in [0.15, 0.2) is 0 Å². The SMILES string of the molecule is O=C(N[C@@H]1CCCC1OCc1ccccc1)C1=NOC2(CCN(C(=O)O)CC2)C1. The van der Waals surface area contributed by atoms with Crippen LogP contribution in [0.5, 0.6) is 0 Å². The van der Waals surface area contributed by atoms with E-state index in [2.05, 4.69) is 10.5 Å². The summed E-state index contributed by atoms with van der Waals surface area (Å²) in [6.07, 6.45) is 3.43. The number of amides is 2. The molecule has 1 saturated carbocycles. The van der Waals surface area contributed by atoms with Gasteiger partial charge in [-0.2, -0.15) is 0 Å². The fourth-order valence-electron chi connectivity index (χ4n) is 4.34. The minimum Gasteiger partial charge on any atom is -0.465 e. The summed E-state index contributed by atoms with van der Waals surface area (Å²) >= 11 is 0. The second-order valence-corrected chi connectivity index (χ2v) is 8.10. The Bertz CT molecular complexity index is 774. The van der Waals surface area contributed by atoms with E-state index in [0.29, 0.717) is 44.7 Å². The molecule has 1 aliphatic carbocycles. The number of benzene rings is 1. The van der Waals surface area contributed by atoms with Crippen molar-refractivity contribution in [3.63, 3.8) is 0 Å². The molecule has 0 radical (unpaired) electrons. The van der Waals surface area contributed by atoms with Crippen LogP contribution in [0.3, 0.4) is 0 Å². The second kappa shape index (κ2) is 8.41. The van der Waals surface area contributed by atoms with E-state index in [0.717, 1.165) is 24.8 Å². The Morgan fingerprint density at radius 2 is 2.00 bits per heavy atom. The number of rotatable bonds is 5. The third-order valence-electron chi connectivity index (χ3n) is 6.12. The van der Waals surface area contributed by atoms with Crippen LogP contribution in [0, 0.1) is 0 Å². The normalized spacial score (nSPS) is 25.5. The van der Waals surface area contributed by atoms with Crippen LogP contribution < -0.4 is 5.32 Å². The predicted molar refractivity (Wildman–Crippen MR) is 106 cm³/mol. The molecule has 2 amide bonds. The van der Waals surface area contributed by atoms with Crippen LogP contribution in [0.4, 0.5) is 4.79 Å². The molecule has 3 aliphatic rings. The lowest BCUT2D eigenvalue weighted by Crippen LogP contribution is -2.48. The lowest BCUT2D eigenvalue weighted by atomic mass is 9.87. The number of carbonyl (C=O) groups is 2. The number of hydrogen-bond acceptors (Lipinski definition) is 5. The van der Waals surface area contributed by atoms with E-state index in [1.54, 1.807) is 0 Å². The number of nitrogens with zero attached hydrogens (tertiary/aromatic N) is 2. The van der Waals surface area contributed by atoms with E-state index in [1.807, 2.05) is 30.3 Å². The summed E-state index contributed by atoms with van der Waals surface area (Å²) in [6.45, 7) is 1.33. The number of carboxylic acid groups (broad SMARTS) is 1. The van der Waals surface area contributed by atoms with Crippen molar-refractivity contribution in [2.24, 2.45) is 5.16 Å². The van der Waals surface area contributed by atoms with E-state index in [1.165, 1.54) is 4.90 Å². The molecule has 1 aromatic carbocycles. The van der Waals surface area contributed by atoms with Crippen molar-refractivity contribution >= 4 is 17.7 Å². The standard InChI is InChI=1S/C21H27N3O5/c25-19(17-13-21(29-23-17)9-11-24(12-10-21)20(26)27)22-16-7-4-8-18(16)28-14-15-5-2-1-3-6-15/h1-3,5-6,16,18H,4,7-14H2,(H,22,25)(H,26,27)/t16-,18?/m1/s1. The minimum atomic E-state index is -0.917. The Morgan fingerprint density at radius 3 is 2.72 bits per heavy atom. The van der Waals surface area contributed by atoms with Crippen LogP contribution in [0.2, 0.25) is 0 Å². The molecular weight excluding hydrogens is 374 g/mol. The van der Waals surface area contributed by atoms with Crippen molar-refractivity contribution in [2.75, 3.05) is 13.1 Å². The van der Waals surface area contributed by atoms with Gasteiger partial charge in [-0.1, -0.05) is 35.5 Å². The first-order chi connectivity index (χ1) is 14.0. The Balaban J connectivity index is 1.27. The Morgan fingerprint density at radius 1 is 1.24 bits per heavy atom. The molecule has 156 valence electrons. The average Bonchev–Trinajstić information content (AvgIpc) is 3.35. The highest BCUT2D eigenvalue weighted by Crippen LogP contribution is 2.35. The Kier molecular flexibility index (Phi) is 5.71. The summed E-state index contributed by atoms with van der Waals surface area (Å²) in [5.41, 5.74) is 0.965. The molecule has 1 unspecified atom stereocenters. The van der Waals surface area contributed by atoms with Gasteiger partial charge in [-0.3, -0.25) is 4.79 Å². The maximum Gasteiger partial charge on any atom is 0.407 e. The largest absolute Gasteiger partial charge is 0.465 e. The molecule has 2 N–H and O–H groups in total. The Labute approximate surface area is 169 Å². The highest BCUT2D eigenvalue weighted by Gasteiger charge is 2.45. The summed E-state index contributed by atoms with van der Waals surface area (Å²) in [4.78, 5) is 30.8. The van der Waals surface area contributed by atoms with Crippen LogP contribution in [0.1, 0.15) is 44.1 Å². The van der Waals surface area contributed by atoms with Gasteiger partial charge in [0, 0.05) is 32.4 Å². The number of oxime groups is 1. The number of nitrogens with one attached hydrogen (secondary N) is 1. The number of hydrogen-bond donors (Lipinski definition) is 2. The molecule has 2 atom stereocenters. The molecule has 4 rings (SSSR count). The molecule has 2 aliphatic heterocycles. The third kappa shape index (κ3) is 4.53. The fourth-order valence-corrected chi connectivity index (χ4v) is 4.34. The predicted octanol–water partition coefficient (Wildman–Crippen LogP) is 2.53. The first kappa shape index (κ1) is 19.7. The maximum absolute atomic E-state index is 12.7. The van der Waals surface area contributed by atoms with Gasteiger partial charge >= 0.3 is 6.09 Å². The summed E-state index contributed by atoms with van der Waals surface area (Å²) in [5.74, 6) is -0.206. The van der Waals surface area contributed by atoms with Gasteiger partial charge in [-0.15, -0.1) is 0 Å². The van der Waals surface area contributed by atoms with Gasteiger partial charge in [-0.25, -0.2) is 4.79 Å². The van der Waals surface area contributed by atoms with Crippen molar-refractivity contribution < 1.29 is 24.3 Å². The van der Waals surface area contributed by atoms with Crippen molar-refractivity contribution in [2.45, 2.75) is 62.9 Å². The molecule has 1 aromatic rings. The van der Waals surface area contributed by atoms with Crippen LogP contribution in [0.15, 0.2) is 35.5 Å². The number of likely N-dealkylation sites (tertiary alicyclic amines) is 1. The second-order valence-electron chi connectivity index (χ2n) is 8.10. The van der Waals surface area contributed by atoms with Crippen molar-refractivity contribution in [1.29, 1.82) is 0 Å². The molecule has 1 saturated heterocycles. The molecule has 2 heterocycles. The summed E-state index contributed by atoms with van der Waals surface area (Å²) in [7, 11) is 0. The lowest BCUT2D eigenvalue weighted by Gasteiger charge is -2.35. The molecular formula is C21H27N3O5. The highest BCUT2D eigenvalue weighted by molar-refractivity contribution is 6.39. The average molecular weight is 401 g/mol. The molecule has 2 fully saturated rings. The van der Waals surface area contributed by atoms with Crippen molar-refractivity contribution in [1.82, 2.24) is 10.2 Å². The van der Waals surface area contributed by atoms with Crippen LogP contribution in [0.25, 0.3) is 0 Å². The molecule has 1 spiro atoms. The molecule has 0 bridgehead atoms. The molecule has 29 heavy (non-hydrogen) atoms. The van der Waals surface area contributed by atoms with Crippen LogP contribution in [-0.4, -0.2) is 58.6 Å². The Hall–Kier alpha value is -2.61.